The third kappa shape index (κ3) is 5.16. The summed E-state index contributed by atoms with van der Waals surface area (Å²) in [5.41, 5.74) is 11.1. The first kappa shape index (κ1) is 27.0. The highest BCUT2D eigenvalue weighted by Gasteiger charge is 2.29. The number of pyridine rings is 1. The van der Waals surface area contributed by atoms with Gasteiger partial charge in [-0.05, 0) is 48.7 Å². The van der Waals surface area contributed by atoms with E-state index in [9.17, 15) is 14.0 Å². The lowest BCUT2D eigenvalue weighted by Crippen LogP contribution is -2.21. The number of ether oxygens (including phenoxy) is 1. The summed E-state index contributed by atoms with van der Waals surface area (Å²) < 4.78 is 20.9. The van der Waals surface area contributed by atoms with Gasteiger partial charge in [-0.3, -0.25) is 14.6 Å². The predicted molar refractivity (Wildman–Crippen MR) is 156 cm³/mol. The molecule has 0 spiro atoms. The molecular weight excluding hydrogens is 537 g/mol. The third-order valence-corrected chi connectivity index (χ3v) is 7.61. The molecule has 10 nitrogen and oxygen atoms in total. The van der Waals surface area contributed by atoms with Gasteiger partial charge in [0.2, 0.25) is 0 Å². The number of carbonyl (C=O) groups is 2. The Morgan fingerprint density at radius 2 is 1.95 bits per heavy atom. The Morgan fingerprint density at radius 1 is 1.12 bits per heavy atom. The first-order chi connectivity index (χ1) is 20.4. The maximum absolute atomic E-state index is 13.7. The molecule has 0 saturated carbocycles. The van der Waals surface area contributed by atoms with Crippen LogP contribution in [0.5, 0.6) is 5.75 Å². The smallest absolute Gasteiger partial charge is 0.168 e. The summed E-state index contributed by atoms with van der Waals surface area (Å²) in [6.45, 7) is 1.50. The number of hydrogen-bond acceptors (Lipinski definition) is 9. The van der Waals surface area contributed by atoms with Crippen LogP contribution in [0.15, 0.2) is 67.1 Å². The normalized spacial score (nSPS) is 14.8. The number of aryl methyl sites for hydroxylation is 1. The molecule has 1 saturated heterocycles. The van der Waals surface area contributed by atoms with Gasteiger partial charge >= 0.3 is 0 Å². The van der Waals surface area contributed by atoms with E-state index in [0.29, 0.717) is 47.0 Å². The van der Waals surface area contributed by atoms with Gasteiger partial charge in [0.1, 0.15) is 35.1 Å². The van der Waals surface area contributed by atoms with Crippen LogP contribution in [0.2, 0.25) is 0 Å². The number of aldehydes is 1. The summed E-state index contributed by atoms with van der Waals surface area (Å²) in [6.07, 6.45) is 5.43. The summed E-state index contributed by atoms with van der Waals surface area (Å²) in [7, 11) is 1.46. The molecule has 2 aromatic carbocycles. The number of aromatic nitrogens is 5. The Bertz CT molecular complexity index is 1770. The topological polar surface area (TPSA) is 129 Å². The van der Waals surface area contributed by atoms with Crippen LogP contribution < -0.4 is 15.4 Å². The van der Waals surface area contributed by atoms with Gasteiger partial charge in [0.25, 0.3) is 0 Å². The van der Waals surface area contributed by atoms with Crippen molar-refractivity contribution < 1.29 is 18.7 Å². The number of Topliss-reactive ketones (excluding diaryl/α,β-unsaturated/α-hetero) is 1. The van der Waals surface area contributed by atoms with Crippen molar-refractivity contribution in [2.75, 3.05) is 30.8 Å². The van der Waals surface area contributed by atoms with E-state index in [0.717, 1.165) is 36.1 Å². The number of anilines is 2. The lowest BCUT2D eigenvalue weighted by atomic mass is 10.00. The number of nitrogens with zero attached hydrogens (tertiary/aromatic N) is 6. The van der Waals surface area contributed by atoms with E-state index in [4.69, 9.17) is 15.6 Å². The highest BCUT2D eigenvalue weighted by Crippen LogP contribution is 2.35. The lowest BCUT2D eigenvalue weighted by molar-refractivity contribution is 0.0979. The van der Waals surface area contributed by atoms with Crippen LogP contribution in [0.1, 0.15) is 45.3 Å². The Hall–Kier alpha value is -5.19. The molecule has 4 heterocycles. The van der Waals surface area contributed by atoms with E-state index in [1.165, 1.54) is 31.6 Å². The highest BCUT2D eigenvalue weighted by atomic mass is 19.1. The van der Waals surface area contributed by atoms with E-state index in [2.05, 4.69) is 19.9 Å². The fraction of sp³-hybridized carbons (Fsp3) is 0.226. The zero-order chi connectivity index (χ0) is 29.2. The first-order valence-corrected chi connectivity index (χ1v) is 13.6. The fourth-order valence-electron chi connectivity index (χ4n) is 5.40. The molecule has 0 bridgehead atoms. The van der Waals surface area contributed by atoms with Crippen molar-refractivity contribution >= 4 is 34.6 Å². The summed E-state index contributed by atoms with van der Waals surface area (Å²) >= 11 is 0. The number of ketones is 1. The van der Waals surface area contributed by atoms with Gasteiger partial charge in [-0.25, -0.2) is 19.0 Å². The van der Waals surface area contributed by atoms with Crippen LogP contribution in [0, 0.1) is 5.82 Å². The summed E-state index contributed by atoms with van der Waals surface area (Å²) in [5, 5.41) is 5.66. The first-order valence-electron chi connectivity index (χ1n) is 13.6. The average molecular weight is 566 g/mol. The van der Waals surface area contributed by atoms with Crippen LogP contribution in [0.3, 0.4) is 0 Å². The average Bonchev–Trinajstić information content (AvgIpc) is 3.66. The molecule has 212 valence electrons. The van der Waals surface area contributed by atoms with E-state index in [1.54, 1.807) is 12.3 Å². The highest BCUT2D eigenvalue weighted by molar-refractivity contribution is 5.99. The van der Waals surface area contributed by atoms with Gasteiger partial charge in [0.15, 0.2) is 17.7 Å². The summed E-state index contributed by atoms with van der Waals surface area (Å²) in [5.74, 6) is 0.0421. The number of carbonyl (C=O) groups excluding carboxylic acids is 2. The Balaban J connectivity index is 1.22. The molecule has 42 heavy (non-hydrogen) atoms. The third-order valence-electron chi connectivity index (χ3n) is 7.61. The summed E-state index contributed by atoms with van der Waals surface area (Å²) in [4.78, 5) is 38.9. The number of methoxy groups -OCH3 is 1. The molecule has 3 aromatic heterocycles. The van der Waals surface area contributed by atoms with Crippen molar-refractivity contribution in [1.82, 2.24) is 24.7 Å². The molecule has 2 N–H and O–H groups in total. The molecule has 0 radical (unpaired) electrons. The van der Waals surface area contributed by atoms with Gasteiger partial charge in [0, 0.05) is 25.1 Å². The standard InChI is InChI=1S/C31H28FN7O3/c1-42-27-11-7-21(32)14-25(27)26(41)10-4-19-2-5-20(6-3-19)29-28-30(33)35-18-36-31(28)39(37-29)24-12-13-38(16-24)23-9-8-22(17-40)34-15-23/h2-3,5-9,11,14-15,17-18,24H,4,10,12-13,16H2,1H3,(H2,33,35,36). The number of nitrogen functional groups attached to an aromatic ring is 1. The second-order valence-electron chi connectivity index (χ2n) is 10.2. The van der Waals surface area contributed by atoms with Crippen LogP contribution in [-0.4, -0.2) is 57.0 Å². The molecule has 1 atom stereocenters. The molecule has 1 unspecified atom stereocenters. The van der Waals surface area contributed by atoms with Crippen LogP contribution in [0.25, 0.3) is 22.3 Å². The zero-order valence-electron chi connectivity index (χ0n) is 22.9. The molecule has 0 aliphatic carbocycles. The van der Waals surface area contributed by atoms with Gasteiger partial charge in [-0.2, -0.15) is 5.10 Å². The number of nitrogens with two attached hydrogens (primary N) is 1. The van der Waals surface area contributed by atoms with Crippen molar-refractivity contribution in [2.45, 2.75) is 25.3 Å². The number of benzene rings is 2. The minimum Gasteiger partial charge on any atom is -0.496 e. The Labute approximate surface area is 241 Å². The van der Waals surface area contributed by atoms with Crippen molar-refractivity contribution in [1.29, 1.82) is 0 Å². The second-order valence-corrected chi connectivity index (χ2v) is 10.2. The van der Waals surface area contributed by atoms with Gasteiger partial charge < -0.3 is 15.4 Å². The number of fused-ring (bicyclic) bond motifs is 1. The Morgan fingerprint density at radius 3 is 2.69 bits per heavy atom. The van der Waals surface area contributed by atoms with Gasteiger partial charge in [-0.1, -0.05) is 24.3 Å². The quantitative estimate of drug-likeness (QED) is 0.200. The largest absolute Gasteiger partial charge is 0.496 e. The number of hydrogen-bond donors (Lipinski definition) is 1. The minimum absolute atomic E-state index is 0.0476. The summed E-state index contributed by atoms with van der Waals surface area (Å²) in [6, 6.07) is 15.4. The van der Waals surface area contributed by atoms with E-state index in [-0.39, 0.29) is 23.8 Å². The van der Waals surface area contributed by atoms with Crippen molar-refractivity contribution in [3.05, 3.63) is 89.8 Å². The van der Waals surface area contributed by atoms with E-state index >= 15 is 0 Å². The molecule has 1 aliphatic rings. The molecule has 6 rings (SSSR count). The van der Waals surface area contributed by atoms with Gasteiger partial charge in [0.05, 0.1) is 36.0 Å². The number of halogens is 1. The van der Waals surface area contributed by atoms with E-state index in [1.807, 2.05) is 35.0 Å². The van der Waals surface area contributed by atoms with Crippen molar-refractivity contribution in [2.24, 2.45) is 0 Å². The number of rotatable bonds is 9. The molecule has 1 aliphatic heterocycles. The fourth-order valence-corrected chi connectivity index (χ4v) is 5.40. The maximum Gasteiger partial charge on any atom is 0.168 e. The molecule has 1 fully saturated rings. The van der Waals surface area contributed by atoms with Crippen molar-refractivity contribution in [3.63, 3.8) is 0 Å². The second kappa shape index (κ2) is 11.4. The molecular formula is C31H28FN7O3. The maximum atomic E-state index is 13.7. The van der Waals surface area contributed by atoms with Crippen molar-refractivity contribution in [3.8, 4) is 17.0 Å². The molecule has 0 amide bonds. The van der Waals surface area contributed by atoms with Crippen LogP contribution in [-0.2, 0) is 6.42 Å². The zero-order valence-corrected chi connectivity index (χ0v) is 22.9. The Kier molecular flexibility index (Phi) is 7.30. The molecule has 11 heteroatoms. The molecule has 5 aromatic rings. The predicted octanol–water partition coefficient (Wildman–Crippen LogP) is 4.70. The van der Waals surface area contributed by atoms with Gasteiger partial charge in [-0.15, -0.1) is 0 Å². The monoisotopic (exact) mass is 565 g/mol. The minimum atomic E-state index is -0.478. The lowest BCUT2D eigenvalue weighted by Gasteiger charge is -2.18. The SMILES string of the molecule is COc1ccc(F)cc1C(=O)CCc1ccc(-c2nn(C3CCN(c4ccc(C=O)nc4)C3)c3ncnc(N)c23)cc1. The van der Waals surface area contributed by atoms with E-state index < -0.39 is 5.82 Å². The van der Waals surface area contributed by atoms with Crippen LogP contribution in [0.4, 0.5) is 15.9 Å². The van der Waals surface area contributed by atoms with Crippen LogP contribution >= 0.6 is 0 Å².